The van der Waals surface area contributed by atoms with Crippen LogP contribution in [0.3, 0.4) is 0 Å². The van der Waals surface area contributed by atoms with Crippen molar-refractivity contribution in [1.29, 1.82) is 0 Å². The molecular formula is C12H14F2N2O2S. The molecule has 0 bridgehead atoms. The van der Waals surface area contributed by atoms with Gasteiger partial charge in [-0.15, -0.1) is 0 Å². The number of nitrogens with two attached hydrogens (primary N) is 1. The maximum absolute atomic E-state index is 12.2. The fourth-order valence-corrected chi connectivity index (χ4v) is 1.25. The molecule has 19 heavy (non-hydrogen) atoms. The number of para-hydroxylation sites is 2. The highest BCUT2D eigenvalue weighted by atomic mass is 32.1. The molecule has 0 aliphatic rings. The van der Waals surface area contributed by atoms with E-state index in [4.69, 9.17) is 18.0 Å². The number of halogens is 2. The number of hydrogen-bond acceptors (Lipinski definition) is 3. The molecule has 0 saturated heterocycles. The largest absolute Gasteiger partial charge is 0.433 e. The van der Waals surface area contributed by atoms with E-state index in [0.717, 1.165) is 0 Å². The summed E-state index contributed by atoms with van der Waals surface area (Å²) in [6.45, 7) is 0.115. The summed E-state index contributed by atoms with van der Waals surface area (Å²) in [7, 11) is 0. The number of anilines is 1. The first kappa shape index (κ1) is 15.3. The smallest absolute Gasteiger partial charge is 0.387 e. The van der Waals surface area contributed by atoms with E-state index in [-0.39, 0.29) is 16.4 Å². The van der Waals surface area contributed by atoms with Crippen LogP contribution < -0.4 is 15.8 Å². The van der Waals surface area contributed by atoms with E-state index < -0.39 is 17.9 Å². The summed E-state index contributed by atoms with van der Waals surface area (Å²) in [4.78, 5) is 12.0. The molecule has 1 amide bonds. The molecular weight excluding hydrogens is 274 g/mol. The number of carbonyl (C=O) groups excluding carboxylic acids is 1. The van der Waals surface area contributed by atoms with Crippen LogP contribution in [0.2, 0.25) is 0 Å². The van der Waals surface area contributed by atoms with E-state index in [1.807, 2.05) is 0 Å². The van der Waals surface area contributed by atoms with E-state index >= 15 is 0 Å². The molecule has 1 aromatic rings. The minimum atomic E-state index is -2.97. The lowest BCUT2D eigenvalue weighted by Gasteiger charge is -2.22. The normalized spacial score (nSPS) is 11.2. The van der Waals surface area contributed by atoms with E-state index in [2.05, 4.69) is 10.1 Å². The van der Waals surface area contributed by atoms with Gasteiger partial charge < -0.3 is 15.8 Å². The highest BCUT2D eigenvalue weighted by molar-refractivity contribution is 7.80. The quantitative estimate of drug-likeness (QED) is 0.817. The van der Waals surface area contributed by atoms with E-state index in [1.165, 1.54) is 18.2 Å². The molecule has 7 heteroatoms. The third-order valence-electron chi connectivity index (χ3n) is 2.53. The average molecular weight is 288 g/mol. The van der Waals surface area contributed by atoms with Crippen LogP contribution in [-0.4, -0.2) is 17.5 Å². The van der Waals surface area contributed by atoms with Gasteiger partial charge in [0.25, 0.3) is 0 Å². The second-order valence-corrected chi connectivity index (χ2v) is 4.76. The van der Waals surface area contributed by atoms with Gasteiger partial charge in [0.2, 0.25) is 5.91 Å². The zero-order valence-corrected chi connectivity index (χ0v) is 11.3. The zero-order valence-electron chi connectivity index (χ0n) is 10.4. The number of hydrogen-bond donors (Lipinski definition) is 2. The number of alkyl halides is 2. The first-order valence-corrected chi connectivity index (χ1v) is 5.81. The van der Waals surface area contributed by atoms with Gasteiger partial charge >= 0.3 is 6.61 Å². The molecule has 0 atom stereocenters. The fourth-order valence-electron chi connectivity index (χ4n) is 1.16. The van der Waals surface area contributed by atoms with Crippen molar-refractivity contribution in [1.82, 2.24) is 0 Å². The molecule has 104 valence electrons. The fraction of sp³-hybridized carbons (Fsp3) is 0.333. The van der Waals surface area contributed by atoms with Crippen LogP contribution in [0, 0.1) is 5.41 Å². The van der Waals surface area contributed by atoms with Crippen molar-refractivity contribution < 1.29 is 18.3 Å². The van der Waals surface area contributed by atoms with Crippen LogP contribution in [0.4, 0.5) is 14.5 Å². The molecule has 3 N–H and O–H groups in total. The van der Waals surface area contributed by atoms with Crippen molar-refractivity contribution in [3.05, 3.63) is 24.3 Å². The average Bonchev–Trinajstić information content (AvgIpc) is 2.30. The predicted molar refractivity (Wildman–Crippen MR) is 72.3 cm³/mol. The maximum Gasteiger partial charge on any atom is 0.387 e. The van der Waals surface area contributed by atoms with Gasteiger partial charge in [-0.2, -0.15) is 8.78 Å². The van der Waals surface area contributed by atoms with Gasteiger partial charge in [0, 0.05) is 0 Å². The van der Waals surface area contributed by atoms with Gasteiger partial charge in [0.15, 0.2) is 0 Å². The lowest BCUT2D eigenvalue weighted by Crippen LogP contribution is -2.41. The maximum atomic E-state index is 12.2. The van der Waals surface area contributed by atoms with Crippen LogP contribution in [0.5, 0.6) is 5.75 Å². The number of amides is 1. The first-order valence-electron chi connectivity index (χ1n) is 5.40. The molecule has 0 aliphatic heterocycles. The Balaban J connectivity index is 2.94. The summed E-state index contributed by atoms with van der Waals surface area (Å²) in [5, 5.41) is 2.47. The first-order chi connectivity index (χ1) is 8.75. The minimum absolute atomic E-state index is 0.0114. The number of benzene rings is 1. The van der Waals surface area contributed by atoms with Gasteiger partial charge in [0.05, 0.1) is 16.1 Å². The van der Waals surface area contributed by atoms with Crippen molar-refractivity contribution >= 4 is 28.8 Å². The summed E-state index contributed by atoms with van der Waals surface area (Å²) >= 11 is 4.79. The van der Waals surface area contributed by atoms with Crippen LogP contribution in [0.15, 0.2) is 24.3 Å². The Hall–Kier alpha value is -1.76. The third-order valence-corrected chi connectivity index (χ3v) is 3.05. The summed E-state index contributed by atoms with van der Waals surface area (Å²) in [6, 6.07) is 5.88. The predicted octanol–water partition coefficient (Wildman–Crippen LogP) is 2.54. The second kappa shape index (κ2) is 5.92. The van der Waals surface area contributed by atoms with Crippen LogP contribution in [0.25, 0.3) is 0 Å². The van der Waals surface area contributed by atoms with E-state index in [1.54, 1.807) is 19.9 Å². The molecule has 0 fully saturated rings. The van der Waals surface area contributed by atoms with Gasteiger partial charge in [0.1, 0.15) is 5.75 Å². The summed E-state index contributed by atoms with van der Waals surface area (Å²) in [5.41, 5.74) is 4.51. The van der Waals surface area contributed by atoms with Crippen molar-refractivity contribution in [3.8, 4) is 5.75 Å². The number of thiocarbonyl (C=S) groups is 1. The SMILES string of the molecule is CC(C)(C(=O)Nc1ccccc1OC(F)F)C(N)=S. The van der Waals surface area contributed by atoms with Gasteiger partial charge in [-0.25, -0.2) is 0 Å². The Bertz CT molecular complexity index is 492. The van der Waals surface area contributed by atoms with Crippen LogP contribution in [-0.2, 0) is 4.79 Å². The Labute approximate surface area is 114 Å². The molecule has 0 heterocycles. The monoisotopic (exact) mass is 288 g/mol. The number of nitrogens with one attached hydrogen (secondary N) is 1. The molecule has 0 spiro atoms. The Morgan fingerprint density at radius 3 is 2.53 bits per heavy atom. The topological polar surface area (TPSA) is 64.3 Å². The van der Waals surface area contributed by atoms with E-state index in [0.29, 0.717) is 0 Å². The number of carbonyl (C=O) groups is 1. The lowest BCUT2D eigenvalue weighted by atomic mass is 9.92. The second-order valence-electron chi connectivity index (χ2n) is 4.32. The van der Waals surface area contributed by atoms with Gasteiger partial charge in [-0.05, 0) is 26.0 Å². The lowest BCUT2D eigenvalue weighted by molar-refractivity contribution is -0.121. The highest BCUT2D eigenvalue weighted by Gasteiger charge is 2.31. The standard InChI is InChI=1S/C12H14F2N2O2S/c1-12(2,9(15)19)10(17)16-7-5-3-4-6-8(7)18-11(13)14/h3-6,11H,1-2H3,(H2,15,19)(H,16,17). The Kier molecular flexibility index (Phi) is 4.77. The summed E-state index contributed by atoms with van der Waals surface area (Å²) < 4.78 is 28.8. The Morgan fingerprint density at radius 1 is 1.42 bits per heavy atom. The molecule has 4 nitrogen and oxygen atoms in total. The molecule has 0 aromatic heterocycles. The van der Waals surface area contributed by atoms with Crippen molar-refractivity contribution in [2.75, 3.05) is 5.32 Å². The van der Waals surface area contributed by atoms with Crippen molar-refractivity contribution in [2.45, 2.75) is 20.5 Å². The van der Waals surface area contributed by atoms with Crippen molar-refractivity contribution in [2.24, 2.45) is 11.1 Å². The highest BCUT2D eigenvalue weighted by Crippen LogP contribution is 2.27. The third kappa shape index (κ3) is 3.85. The molecule has 0 unspecified atom stereocenters. The van der Waals surface area contributed by atoms with Crippen LogP contribution in [0.1, 0.15) is 13.8 Å². The van der Waals surface area contributed by atoms with Gasteiger partial charge in [-0.1, -0.05) is 24.4 Å². The number of ether oxygens (including phenoxy) is 1. The molecule has 1 aromatic carbocycles. The van der Waals surface area contributed by atoms with Gasteiger partial charge in [-0.3, -0.25) is 4.79 Å². The van der Waals surface area contributed by atoms with Crippen molar-refractivity contribution in [3.63, 3.8) is 0 Å². The summed E-state index contributed by atoms with van der Waals surface area (Å²) in [6.07, 6.45) is 0. The Morgan fingerprint density at radius 2 is 2.00 bits per heavy atom. The molecule has 0 aliphatic carbocycles. The van der Waals surface area contributed by atoms with E-state index in [9.17, 15) is 13.6 Å². The van der Waals surface area contributed by atoms with Crippen LogP contribution >= 0.6 is 12.2 Å². The molecule has 0 radical (unpaired) electrons. The zero-order chi connectivity index (χ0) is 14.6. The number of rotatable bonds is 5. The molecule has 0 saturated carbocycles. The summed E-state index contributed by atoms with van der Waals surface area (Å²) in [5.74, 6) is -0.616. The minimum Gasteiger partial charge on any atom is -0.433 e. The molecule has 1 rings (SSSR count).